The summed E-state index contributed by atoms with van der Waals surface area (Å²) in [4.78, 5) is 22.6. The molecule has 1 saturated heterocycles. The third-order valence-corrected chi connectivity index (χ3v) is 4.11. The van der Waals surface area contributed by atoms with Gasteiger partial charge in [0.2, 0.25) is 17.6 Å². The predicted molar refractivity (Wildman–Crippen MR) is 89.2 cm³/mol. The molecule has 0 saturated carbocycles. The largest absolute Gasteiger partial charge is 0.354 e. The molecule has 3 heterocycles. The molecule has 0 spiro atoms. The Labute approximate surface area is 141 Å². The van der Waals surface area contributed by atoms with Gasteiger partial charge in [0.15, 0.2) is 0 Å². The highest BCUT2D eigenvalue weighted by molar-refractivity contribution is 5.78. The Balaban J connectivity index is 1.41. The van der Waals surface area contributed by atoms with Crippen molar-refractivity contribution in [2.24, 2.45) is 0 Å². The van der Waals surface area contributed by atoms with Crippen LogP contribution < -0.4 is 5.32 Å². The third kappa shape index (κ3) is 4.86. The molecular weight excluding hydrogens is 306 g/mol. The van der Waals surface area contributed by atoms with E-state index in [-0.39, 0.29) is 5.91 Å². The first-order chi connectivity index (χ1) is 11.8. The number of pyridine rings is 1. The highest BCUT2D eigenvalue weighted by Gasteiger charge is 2.13. The summed E-state index contributed by atoms with van der Waals surface area (Å²) in [6.45, 7) is 3.02. The maximum absolute atomic E-state index is 12.0. The van der Waals surface area contributed by atoms with Crippen LogP contribution in [0.4, 0.5) is 0 Å². The Hall–Kier alpha value is -2.28. The average molecular weight is 329 g/mol. The second kappa shape index (κ2) is 8.54. The number of rotatable bonds is 6. The fourth-order valence-corrected chi connectivity index (χ4v) is 2.83. The van der Waals surface area contributed by atoms with Crippen molar-refractivity contribution in [3.8, 4) is 11.4 Å². The first kappa shape index (κ1) is 16.6. The minimum absolute atomic E-state index is 0.0592. The molecule has 1 fully saturated rings. The lowest BCUT2D eigenvalue weighted by Gasteiger charge is -2.18. The highest BCUT2D eigenvalue weighted by Crippen LogP contribution is 2.13. The molecule has 2 aromatic heterocycles. The summed E-state index contributed by atoms with van der Waals surface area (Å²) in [6, 6.07) is 3.71. The van der Waals surface area contributed by atoms with Crippen LogP contribution >= 0.6 is 0 Å². The van der Waals surface area contributed by atoms with Crippen LogP contribution in [0.3, 0.4) is 0 Å². The van der Waals surface area contributed by atoms with Gasteiger partial charge in [-0.05, 0) is 38.1 Å². The van der Waals surface area contributed by atoms with Crippen LogP contribution in [0.5, 0.6) is 0 Å². The fourth-order valence-electron chi connectivity index (χ4n) is 2.83. The molecule has 7 nitrogen and oxygen atoms in total. The standard InChI is InChI=1S/C17H23N5O2/c23-15(13-22-10-3-1-2-4-11-22)19-9-7-16-20-17(21-24-16)14-6-5-8-18-12-14/h5-6,8,12H,1-4,7,9-11,13H2,(H,19,23). The van der Waals surface area contributed by atoms with Gasteiger partial charge in [0.25, 0.3) is 0 Å². The van der Waals surface area contributed by atoms with E-state index in [1.54, 1.807) is 12.4 Å². The van der Waals surface area contributed by atoms with Crippen LogP contribution in [0.1, 0.15) is 31.6 Å². The van der Waals surface area contributed by atoms with Gasteiger partial charge in [-0.2, -0.15) is 4.98 Å². The Morgan fingerprint density at radius 1 is 1.25 bits per heavy atom. The van der Waals surface area contributed by atoms with E-state index in [4.69, 9.17) is 4.52 Å². The lowest BCUT2D eigenvalue weighted by Crippen LogP contribution is -2.38. The molecule has 2 aromatic rings. The van der Waals surface area contributed by atoms with E-state index in [1.807, 2.05) is 12.1 Å². The SMILES string of the molecule is O=C(CN1CCCCCC1)NCCc1nc(-c2cccnc2)no1. The van der Waals surface area contributed by atoms with Gasteiger partial charge in [-0.15, -0.1) is 0 Å². The van der Waals surface area contributed by atoms with Crippen molar-refractivity contribution in [1.29, 1.82) is 0 Å². The minimum atomic E-state index is 0.0592. The van der Waals surface area contributed by atoms with Crippen LogP contribution in [-0.4, -0.2) is 52.1 Å². The molecule has 0 bridgehead atoms. The molecule has 24 heavy (non-hydrogen) atoms. The summed E-state index contributed by atoms with van der Waals surface area (Å²) in [5.74, 6) is 1.10. The second-order valence-electron chi connectivity index (χ2n) is 6.04. The molecule has 0 atom stereocenters. The van der Waals surface area contributed by atoms with Crippen molar-refractivity contribution >= 4 is 5.91 Å². The molecular formula is C17H23N5O2. The van der Waals surface area contributed by atoms with Gasteiger partial charge in [-0.3, -0.25) is 14.7 Å². The first-order valence-corrected chi connectivity index (χ1v) is 8.53. The molecule has 1 amide bonds. The second-order valence-corrected chi connectivity index (χ2v) is 6.04. The van der Waals surface area contributed by atoms with Crippen LogP contribution in [0.2, 0.25) is 0 Å². The number of hydrogen-bond acceptors (Lipinski definition) is 6. The Morgan fingerprint density at radius 3 is 2.83 bits per heavy atom. The van der Waals surface area contributed by atoms with Crippen molar-refractivity contribution in [3.63, 3.8) is 0 Å². The summed E-state index contributed by atoms with van der Waals surface area (Å²) < 4.78 is 5.22. The van der Waals surface area contributed by atoms with Crippen molar-refractivity contribution in [2.75, 3.05) is 26.2 Å². The lowest BCUT2D eigenvalue weighted by atomic mass is 10.2. The number of amides is 1. The predicted octanol–water partition coefficient (Wildman–Crippen LogP) is 1.67. The van der Waals surface area contributed by atoms with Crippen LogP contribution in [0, 0.1) is 0 Å². The lowest BCUT2D eigenvalue weighted by molar-refractivity contribution is -0.122. The molecule has 0 aromatic carbocycles. The minimum Gasteiger partial charge on any atom is -0.354 e. The van der Waals surface area contributed by atoms with Crippen molar-refractivity contribution < 1.29 is 9.32 Å². The van der Waals surface area contributed by atoms with Gasteiger partial charge in [0, 0.05) is 30.9 Å². The Kier molecular flexibility index (Phi) is 5.90. The van der Waals surface area contributed by atoms with E-state index < -0.39 is 0 Å². The monoisotopic (exact) mass is 329 g/mol. The molecule has 0 aliphatic carbocycles. The third-order valence-electron chi connectivity index (χ3n) is 4.11. The smallest absolute Gasteiger partial charge is 0.234 e. The molecule has 0 radical (unpaired) electrons. The number of nitrogens with zero attached hydrogens (tertiary/aromatic N) is 4. The summed E-state index contributed by atoms with van der Waals surface area (Å²) in [5, 5.41) is 6.87. The van der Waals surface area contributed by atoms with Gasteiger partial charge < -0.3 is 9.84 Å². The van der Waals surface area contributed by atoms with Gasteiger partial charge in [0.1, 0.15) is 0 Å². The molecule has 1 aliphatic heterocycles. The van der Waals surface area contributed by atoms with E-state index in [9.17, 15) is 4.79 Å². The van der Waals surface area contributed by atoms with Gasteiger partial charge in [-0.1, -0.05) is 18.0 Å². The normalized spacial score (nSPS) is 15.8. The topological polar surface area (TPSA) is 84.2 Å². The van der Waals surface area contributed by atoms with Gasteiger partial charge in [-0.25, -0.2) is 0 Å². The van der Waals surface area contributed by atoms with Crippen LogP contribution in [0.15, 0.2) is 29.0 Å². The van der Waals surface area contributed by atoms with E-state index in [1.165, 1.54) is 25.7 Å². The van der Waals surface area contributed by atoms with Crippen molar-refractivity contribution in [1.82, 2.24) is 25.3 Å². The zero-order chi connectivity index (χ0) is 16.6. The summed E-state index contributed by atoms with van der Waals surface area (Å²) in [6.07, 6.45) is 8.84. The fraction of sp³-hybridized carbons (Fsp3) is 0.529. The average Bonchev–Trinajstić information content (AvgIpc) is 2.93. The van der Waals surface area contributed by atoms with E-state index in [0.29, 0.717) is 31.2 Å². The van der Waals surface area contributed by atoms with Crippen LogP contribution in [0.25, 0.3) is 11.4 Å². The number of aromatic nitrogens is 3. The Bertz CT molecular complexity index is 635. The summed E-state index contributed by atoms with van der Waals surface area (Å²) in [7, 11) is 0. The Morgan fingerprint density at radius 2 is 2.08 bits per heavy atom. The number of hydrogen-bond donors (Lipinski definition) is 1. The van der Waals surface area contributed by atoms with Gasteiger partial charge in [0.05, 0.1) is 6.54 Å². The number of likely N-dealkylation sites (tertiary alicyclic amines) is 1. The molecule has 7 heteroatoms. The molecule has 128 valence electrons. The van der Waals surface area contributed by atoms with E-state index in [2.05, 4.69) is 25.3 Å². The molecule has 0 unspecified atom stereocenters. The highest BCUT2D eigenvalue weighted by atomic mass is 16.5. The quantitative estimate of drug-likeness (QED) is 0.868. The molecule has 1 aliphatic rings. The number of carbonyl (C=O) groups is 1. The zero-order valence-electron chi connectivity index (χ0n) is 13.8. The van der Waals surface area contributed by atoms with Crippen molar-refractivity contribution in [3.05, 3.63) is 30.4 Å². The summed E-state index contributed by atoms with van der Waals surface area (Å²) >= 11 is 0. The summed E-state index contributed by atoms with van der Waals surface area (Å²) in [5.41, 5.74) is 0.817. The van der Waals surface area contributed by atoms with Gasteiger partial charge >= 0.3 is 0 Å². The molecule has 1 N–H and O–H groups in total. The first-order valence-electron chi connectivity index (χ1n) is 8.53. The van der Waals surface area contributed by atoms with E-state index >= 15 is 0 Å². The maximum Gasteiger partial charge on any atom is 0.234 e. The van der Waals surface area contributed by atoms with E-state index in [0.717, 1.165) is 18.7 Å². The number of carbonyl (C=O) groups excluding carboxylic acids is 1. The molecule has 3 rings (SSSR count). The van der Waals surface area contributed by atoms with Crippen molar-refractivity contribution in [2.45, 2.75) is 32.1 Å². The van der Waals surface area contributed by atoms with Crippen LogP contribution in [-0.2, 0) is 11.2 Å². The number of nitrogens with one attached hydrogen (secondary N) is 1. The maximum atomic E-state index is 12.0. The zero-order valence-corrected chi connectivity index (χ0v) is 13.8.